The van der Waals surface area contributed by atoms with Crippen LogP contribution in [0.4, 0.5) is 0 Å². The van der Waals surface area contributed by atoms with Gasteiger partial charge in [-0.05, 0) is 32.2 Å². The van der Waals surface area contributed by atoms with E-state index in [-0.39, 0.29) is 11.8 Å². The van der Waals surface area contributed by atoms with E-state index in [4.69, 9.17) is 4.52 Å². The van der Waals surface area contributed by atoms with Crippen molar-refractivity contribution in [3.8, 4) is 0 Å². The van der Waals surface area contributed by atoms with Crippen molar-refractivity contribution in [3.05, 3.63) is 11.7 Å². The van der Waals surface area contributed by atoms with Crippen LogP contribution in [0.2, 0.25) is 0 Å². The molecular weight excluding hydrogens is 266 g/mol. The number of nitrogens with zero attached hydrogens (tertiary/aromatic N) is 3. The molecule has 2 aliphatic rings. The lowest BCUT2D eigenvalue weighted by Crippen LogP contribution is -2.29. The maximum absolute atomic E-state index is 11.3. The minimum atomic E-state index is -2.92. The van der Waals surface area contributed by atoms with Crippen LogP contribution >= 0.6 is 0 Å². The topological polar surface area (TPSA) is 76.3 Å². The highest BCUT2D eigenvalue weighted by atomic mass is 32.2. The Labute approximate surface area is 113 Å². The van der Waals surface area contributed by atoms with Crippen molar-refractivity contribution >= 4 is 9.84 Å². The summed E-state index contributed by atoms with van der Waals surface area (Å²) in [6.45, 7) is 1.46. The van der Waals surface area contributed by atoms with Gasteiger partial charge in [0.15, 0.2) is 5.82 Å². The van der Waals surface area contributed by atoms with Crippen LogP contribution in [0.3, 0.4) is 0 Å². The van der Waals surface area contributed by atoms with Gasteiger partial charge in [-0.15, -0.1) is 0 Å². The molecule has 0 N–H and O–H groups in total. The molecule has 0 amide bonds. The Kier molecular flexibility index (Phi) is 3.34. The molecule has 7 heteroatoms. The summed E-state index contributed by atoms with van der Waals surface area (Å²) in [6, 6.07) is 0.123. The van der Waals surface area contributed by atoms with Crippen molar-refractivity contribution in [2.24, 2.45) is 0 Å². The molecule has 2 fully saturated rings. The van der Waals surface area contributed by atoms with Gasteiger partial charge in [0.2, 0.25) is 5.89 Å². The number of sulfone groups is 1. The number of hydrogen-bond donors (Lipinski definition) is 0. The van der Waals surface area contributed by atoms with Crippen LogP contribution in [-0.2, 0) is 9.84 Å². The number of rotatable bonds is 5. The summed E-state index contributed by atoms with van der Waals surface area (Å²) in [5.74, 6) is 2.14. The Morgan fingerprint density at radius 1 is 1.37 bits per heavy atom. The molecule has 19 heavy (non-hydrogen) atoms. The normalized spacial score (nSPS) is 25.0. The minimum Gasteiger partial charge on any atom is -0.339 e. The highest BCUT2D eigenvalue weighted by Gasteiger charge is 2.34. The minimum absolute atomic E-state index is 0.123. The fourth-order valence-electron chi connectivity index (χ4n) is 2.55. The van der Waals surface area contributed by atoms with E-state index in [0.717, 1.165) is 43.9 Å². The predicted octanol–water partition coefficient (Wildman–Crippen LogP) is 1.13. The van der Waals surface area contributed by atoms with E-state index >= 15 is 0 Å². The molecule has 1 aromatic rings. The van der Waals surface area contributed by atoms with Gasteiger partial charge in [0.05, 0.1) is 11.8 Å². The summed E-state index contributed by atoms with van der Waals surface area (Å²) >= 11 is 0. The molecular formula is C12H19N3O3S. The van der Waals surface area contributed by atoms with Gasteiger partial charge in [0.1, 0.15) is 9.84 Å². The van der Waals surface area contributed by atoms with Crippen LogP contribution < -0.4 is 0 Å². The van der Waals surface area contributed by atoms with Gasteiger partial charge in [0.25, 0.3) is 0 Å². The molecule has 1 aromatic heterocycles. The van der Waals surface area contributed by atoms with Gasteiger partial charge in [-0.1, -0.05) is 5.16 Å². The Morgan fingerprint density at radius 2 is 2.16 bits per heavy atom. The molecule has 0 bridgehead atoms. The number of aromatic nitrogens is 2. The molecule has 1 saturated heterocycles. The summed E-state index contributed by atoms with van der Waals surface area (Å²) < 4.78 is 27.8. The van der Waals surface area contributed by atoms with Crippen molar-refractivity contribution in [2.45, 2.75) is 37.6 Å². The third kappa shape index (κ3) is 3.14. The first-order valence-corrected chi connectivity index (χ1v) is 8.84. The van der Waals surface area contributed by atoms with Crippen molar-refractivity contribution in [3.63, 3.8) is 0 Å². The van der Waals surface area contributed by atoms with Gasteiger partial charge in [-0.3, -0.25) is 4.90 Å². The SMILES string of the molecule is CS(=O)(=O)CCN1CCC[C@@H]1c1noc(C2CC2)n1. The van der Waals surface area contributed by atoms with Crippen LogP contribution in [0.15, 0.2) is 4.52 Å². The molecule has 1 atom stereocenters. The predicted molar refractivity (Wildman–Crippen MR) is 69.5 cm³/mol. The zero-order valence-corrected chi connectivity index (χ0v) is 11.9. The fraction of sp³-hybridized carbons (Fsp3) is 0.833. The van der Waals surface area contributed by atoms with E-state index in [9.17, 15) is 8.42 Å². The van der Waals surface area contributed by atoms with Crippen LogP contribution in [0.5, 0.6) is 0 Å². The van der Waals surface area contributed by atoms with Gasteiger partial charge in [-0.25, -0.2) is 8.42 Å². The molecule has 0 radical (unpaired) electrons. The average molecular weight is 285 g/mol. The smallest absolute Gasteiger partial charge is 0.229 e. The van der Waals surface area contributed by atoms with E-state index in [1.807, 2.05) is 0 Å². The Bertz CT molecular complexity index is 550. The Balaban J connectivity index is 1.67. The lowest BCUT2D eigenvalue weighted by Gasteiger charge is -2.20. The van der Waals surface area contributed by atoms with Crippen molar-refractivity contribution in [1.82, 2.24) is 15.0 Å². The lowest BCUT2D eigenvalue weighted by molar-refractivity contribution is 0.255. The zero-order chi connectivity index (χ0) is 13.5. The van der Waals surface area contributed by atoms with Gasteiger partial charge < -0.3 is 4.52 Å². The van der Waals surface area contributed by atoms with Crippen LogP contribution in [-0.4, -0.2) is 48.6 Å². The first kappa shape index (κ1) is 13.1. The maximum Gasteiger partial charge on any atom is 0.229 e. The van der Waals surface area contributed by atoms with Crippen LogP contribution in [0.25, 0.3) is 0 Å². The second-order valence-corrected chi connectivity index (χ2v) is 7.85. The number of likely N-dealkylation sites (tertiary alicyclic amines) is 1. The second kappa shape index (κ2) is 4.86. The second-order valence-electron chi connectivity index (χ2n) is 5.59. The fourth-order valence-corrected chi connectivity index (χ4v) is 3.11. The monoisotopic (exact) mass is 285 g/mol. The molecule has 2 heterocycles. The summed E-state index contributed by atoms with van der Waals surface area (Å²) in [5, 5.41) is 4.08. The molecule has 0 spiro atoms. The van der Waals surface area contributed by atoms with Gasteiger partial charge >= 0.3 is 0 Å². The maximum atomic E-state index is 11.3. The highest BCUT2D eigenvalue weighted by molar-refractivity contribution is 7.90. The third-order valence-corrected chi connectivity index (χ3v) is 4.72. The van der Waals surface area contributed by atoms with Crippen molar-refractivity contribution < 1.29 is 12.9 Å². The first-order chi connectivity index (χ1) is 9.03. The Morgan fingerprint density at radius 3 is 2.84 bits per heavy atom. The average Bonchev–Trinajstić information content (AvgIpc) is 2.91. The molecule has 6 nitrogen and oxygen atoms in total. The number of hydrogen-bond acceptors (Lipinski definition) is 6. The Hall–Kier alpha value is -0.950. The molecule has 1 aliphatic carbocycles. The van der Waals surface area contributed by atoms with E-state index < -0.39 is 9.84 Å². The van der Waals surface area contributed by atoms with Crippen LogP contribution in [0.1, 0.15) is 49.4 Å². The van der Waals surface area contributed by atoms with Crippen molar-refractivity contribution in [2.75, 3.05) is 25.1 Å². The summed E-state index contributed by atoms with van der Waals surface area (Å²) in [6.07, 6.45) is 5.60. The molecule has 3 rings (SSSR count). The third-order valence-electron chi connectivity index (χ3n) is 3.80. The summed E-state index contributed by atoms with van der Waals surface area (Å²) in [7, 11) is -2.92. The standard InChI is InChI=1S/C12H19N3O3S/c1-19(16,17)8-7-15-6-2-3-10(15)11-13-12(18-14-11)9-4-5-9/h9-10H,2-8H2,1H3/t10-/m1/s1. The molecule has 1 aliphatic heterocycles. The van der Waals surface area contributed by atoms with Gasteiger partial charge in [0, 0.05) is 18.7 Å². The quantitative estimate of drug-likeness (QED) is 0.807. The lowest BCUT2D eigenvalue weighted by atomic mass is 10.2. The van der Waals surface area contributed by atoms with E-state index in [1.165, 1.54) is 6.26 Å². The van der Waals surface area contributed by atoms with Gasteiger partial charge in [-0.2, -0.15) is 4.98 Å². The molecule has 1 saturated carbocycles. The van der Waals surface area contributed by atoms with E-state index in [2.05, 4.69) is 15.0 Å². The highest BCUT2D eigenvalue weighted by Crippen LogP contribution is 2.40. The molecule has 0 aromatic carbocycles. The van der Waals surface area contributed by atoms with Crippen molar-refractivity contribution in [1.29, 1.82) is 0 Å². The molecule has 0 unspecified atom stereocenters. The first-order valence-electron chi connectivity index (χ1n) is 6.78. The summed E-state index contributed by atoms with van der Waals surface area (Å²) in [5.41, 5.74) is 0. The summed E-state index contributed by atoms with van der Waals surface area (Å²) in [4.78, 5) is 6.64. The zero-order valence-electron chi connectivity index (χ0n) is 11.1. The largest absolute Gasteiger partial charge is 0.339 e. The molecule has 106 valence electrons. The van der Waals surface area contributed by atoms with E-state index in [0.29, 0.717) is 12.5 Å². The van der Waals surface area contributed by atoms with Crippen LogP contribution in [0, 0.1) is 0 Å². The van der Waals surface area contributed by atoms with E-state index in [1.54, 1.807) is 0 Å².